The summed E-state index contributed by atoms with van der Waals surface area (Å²) in [5.74, 6) is 0.0313. The van der Waals surface area contributed by atoms with Crippen molar-refractivity contribution in [1.29, 1.82) is 0 Å². The van der Waals surface area contributed by atoms with E-state index in [9.17, 15) is 4.79 Å². The molecule has 0 aliphatic rings. The van der Waals surface area contributed by atoms with Crippen LogP contribution in [0.1, 0.15) is 18.9 Å². The molecule has 0 bridgehead atoms. The molecule has 0 aliphatic heterocycles. The Kier molecular flexibility index (Phi) is 6.69. The first kappa shape index (κ1) is 18.0. The van der Waals surface area contributed by atoms with Gasteiger partial charge in [0.25, 0.3) is 0 Å². The third-order valence-electron chi connectivity index (χ3n) is 3.48. The maximum atomic E-state index is 11.8. The average Bonchev–Trinajstić information content (AvgIpc) is 2.53. The second kappa shape index (κ2) is 8.52. The van der Waals surface area contributed by atoms with Crippen molar-refractivity contribution in [3.8, 4) is 0 Å². The fourth-order valence-electron chi connectivity index (χ4n) is 2.32. The number of hydrogen-bond donors (Lipinski definition) is 1. The highest BCUT2D eigenvalue weighted by atomic mass is 35.5. The van der Waals surface area contributed by atoms with Crippen molar-refractivity contribution < 1.29 is 4.79 Å². The third-order valence-corrected chi connectivity index (χ3v) is 4.53. The van der Waals surface area contributed by atoms with E-state index in [2.05, 4.69) is 28.5 Å². The SMILES string of the molecule is CCCNC(=O)CN(C)Cc1cc2ccc(SC)cc2nc1Cl. The van der Waals surface area contributed by atoms with E-state index >= 15 is 0 Å². The van der Waals surface area contributed by atoms with Crippen molar-refractivity contribution in [2.45, 2.75) is 24.8 Å². The number of benzene rings is 1. The van der Waals surface area contributed by atoms with E-state index < -0.39 is 0 Å². The van der Waals surface area contributed by atoms with Gasteiger partial charge in [0, 0.05) is 28.9 Å². The molecule has 0 radical (unpaired) electrons. The average molecular weight is 352 g/mol. The Morgan fingerprint density at radius 2 is 2.17 bits per heavy atom. The Morgan fingerprint density at radius 3 is 2.87 bits per heavy atom. The molecule has 6 heteroatoms. The van der Waals surface area contributed by atoms with Gasteiger partial charge >= 0.3 is 0 Å². The van der Waals surface area contributed by atoms with Crippen LogP contribution in [-0.2, 0) is 11.3 Å². The summed E-state index contributed by atoms with van der Waals surface area (Å²) in [6.45, 7) is 3.68. The number of hydrogen-bond acceptors (Lipinski definition) is 4. The van der Waals surface area contributed by atoms with E-state index in [4.69, 9.17) is 11.6 Å². The van der Waals surface area contributed by atoms with Crippen molar-refractivity contribution in [3.63, 3.8) is 0 Å². The summed E-state index contributed by atoms with van der Waals surface area (Å²) < 4.78 is 0. The zero-order chi connectivity index (χ0) is 16.8. The minimum absolute atomic E-state index is 0.0313. The van der Waals surface area contributed by atoms with Gasteiger partial charge in [-0.1, -0.05) is 24.6 Å². The van der Waals surface area contributed by atoms with E-state index in [0.29, 0.717) is 24.8 Å². The van der Waals surface area contributed by atoms with Crippen LogP contribution in [0.5, 0.6) is 0 Å². The van der Waals surface area contributed by atoms with Gasteiger partial charge in [-0.25, -0.2) is 4.98 Å². The van der Waals surface area contributed by atoms with Crippen molar-refractivity contribution >= 4 is 40.2 Å². The number of nitrogens with one attached hydrogen (secondary N) is 1. The maximum Gasteiger partial charge on any atom is 0.234 e. The number of fused-ring (bicyclic) bond motifs is 1. The fourth-order valence-corrected chi connectivity index (χ4v) is 2.96. The summed E-state index contributed by atoms with van der Waals surface area (Å²) in [5.41, 5.74) is 1.83. The van der Waals surface area contributed by atoms with E-state index in [1.54, 1.807) is 11.8 Å². The Bertz CT molecular complexity index is 693. The van der Waals surface area contributed by atoms with Crippen LogP contribution in [0.15, 0.2) is 29.2 Å². The number of aromatic nitrogens is 1. The zero-order valence-corrected chi connectivity index (χ0v) is 15.3. The first-order valence-corrected chi connectivity index (χ1v) is 9.22. The lowest BCUT2D eigenvalue weighted by Crippen LogP contribution is -2.35. The Hall–Kier alpha value is -1.30. The van der Waals surface area contributed by atoms with E-state index in [1.807, 2.05) is 31.2 Å². The predicted octanol–water partition coefficient (Wildman–Crippen LogP) is 3.57. The summed E-state index contributed by atoms with van der Waals surface area (Å²) in [4.78, 5) is 19.4. The van der Waals surface area contributed by atoms with E-state index in [1.165, 1.54) is 4.90 Å². The third kappa shape index (κ3) is 5.09. The highest BCUT2D eigenvalue weighted by molar-refractivity contribution is 7.98. The molecule has 124 valence electrons. The maximum absolute atomic E-state index is 11.8. The molecule has 0 saturated carbocycles. The summed E-state index contributed by atoms with van der Waals surface area (Å²) in [6, 6.07) is 8.23. The number of rotatable bonds is 7. The Morgan fingerprint density at radius 1 is 1.39 bits per heavy atom. The first-order chi connectivity index (χ1) is 11.0. The number of nitrogens with zero attached hydrogens (tertiary/aromatic N) is 2. The van der Waals surface area contributed by atoms with Crippen LogP contribution < -0.4 is 5.32 Å². The molecule has 1 aromatic heterocycles. The topological polar surface area (TPSA) is 45.2 Å². The minimum atomic E-state index is 0.0313. The van der Waals surface area contributed by atoms with Gasteiger partial charge in [-0.3, -0.25) is 9.69 Å². The number of pyridine rings is 1. The molecule has 2 rings (SSSR count). The second-order valence-corrected chi connectivity index (χ2v) is 6.76. The van der Waals surface area contributed by atoms with Crippen molar-refractivity contribution in [2.75, 3.05) is 26.4 Å². The van der Waals surface area contributed by atoms with Crippen LogP contribution in [0.3, 0.4) is 0 Å². The van der Waals surface area contributed by atoms with Crippen LogP contribution in [-0.4, -0.2) is 42.2 Å². The van der Waals surface area contributed by atoms with Crippen LogP contribution in [0.4, 0.5) is 0 Å². The molecule has 4 nitrogen and oxygen atoms in total. The van der Waals surface area contributed by atoms with E-state index in [0.717, 1.165) is 22.9 Å². The molecule has 0 unspecified atom stereocenters. The smallest absolute Gasteiger partial charge is 0.234 e. The zero-order valence-electron chi connectivity index (χ0n) is 13.7. The molecule has 2 aromatic rings. The largest absolute Gasteiger partial charge is 0.355 e. The van der Waals surface area contributed by atoms with Crippen LogP contribution in [0, 0.1) is 0 Å². The quantitative estimate of drug-likeness (QED) is 0.612. The van der Waals surface area contributed by atoms with Gasteiger partial charge < -0.3 is 5.32 Å². The molecular formula is C17H22ClN3OS. The second-order valence-electron chi connectivity index (χ2n) is 5.52. The van der Waals surface area contributed by atoms with Crippen molar-refractivity contribution in [1.82, 2.24) is 15.2 Å². The van der Waals surface area contributed by atoms with Crippen molar-refractivity contribution in [3.05, 3.63) is 35.0 Å². The monoisotopic (exact) mass is 351 g/mol. The minimum Gasteiger partial charge on any atom is -0.355 e. The lowest BCUT2D eigenvalue weighted by Gasteiger charge is -2.17. The standard InChI is InChI=1S/C17H22ClN3OS/c1-4-7-19-16(22)11-21(2)10-13-8-12-5-6-14(23-3)9-15(12)20-17(13)18/h5-6,8-9H,4,7,10-11H2,1-3H3,(H,19,22). The van der Waals surface area contributed by atoms with Gasteiger partial charge in [0.2, 0.25) is 5.91 Å². The molecule has 23 heavy (non-hydrogen) atoms. The van der Waals surface area contributed by atoms with Crippen LogP contribution >= 0.6 is 23.4 Å². The molecule has 1 aromatic carbocycles. The number of carbonyl (C=O) groups excluding carboxylic acids is 1. The van der Waals surface area contributed by atoms with Gasteiger partial charge in [-0.2, -0.15) is 0 Å². The molecule has 0 spiro atoms. The Labute approximate surface area is 146 Å². The summed E-state index contributed by atoms with van der Waals surface area (Å²) in [5, 5.41) is 4.43. The van der Waals surface area contributed by atoms with Gasteiger partial charge in [-0.05, 0) is 37.9 Å². The molecule has 1 N–H and O–H groups in total. The lowest BCUT2D eigenvalue weighted by molar-refractivity contribution is -0.122. The number of carbonyl (C=O) groups is 1. The summed E-state index contributed by atoms with van der Waals surface area (Å²) in [6.07, 6.45) is 2.98. The molecule has 0 fully saturated rings. The highest BCUT2D eigenvalue weighted by Crippen LogP contribution is 2.25. The number of amides is 1. The van der Waals surface area contributed by atoms with Gasteiger partial charge in [0.15, 0.2) is 0 Å². The molecule has 0 aliphatic carbocycles. The molecule has 1 heterocycles. The normalized spacial score (nSPS) is 11.2. The van der Waals surface area contributed by atoms with Gasteiger partial charge in [-0.15, -0.1) is 11.8 Å². The molecule has 1 amide bonds. The molecule has 0 atom stereocenters. The summed E-state index contributed by atoms with van der Waals surface area (Å²) in [7, 11) is 1.91. The van der Waals surface area contributed by atoms with Crippen molar-refractivity contribution in [2.24, 2.45) is 0 Å². The lowest BCUT2D eigenvalue weighted by atomic mass is 10.1. The van der Waals surface area contributed by atoms with Gasteiger partial charge in [0.1, 0.15) is 5.15 Å². The summed E-state index contributed by atoms with van der Waals surface area (Å²) >= 11 is 8.00. The Balaban J connectivity index is 2.10. The molecular weight excluding hydrogens is 330 g/mol. The fraction of sp³-hybridized carbons (Fsp3) is 0.412. The number of likely N-dealkylation sites (N-methyl/N-ethyl adjacent to an activating group) is 1. The van der Waals surface area contributed by atoms with E-state index in [-0.39, 0.29) is 5.91 Å². The van der Waals surface area contributed by atoms with Gasteiger partial charge in [0.05, 0.1) is 12.1 Å². The first-order valence-electron chi connectivity index (χ1n) is 7.62. The van der Waals surface area contributed by atoms with Crippen LogP contribution in [0.25, 0.3) is 10.9 Å². The molecule has 0 saturated heterocycles. The number of halogens is 1. The number of thioether (sulfide) groups is 1. The van der Waals surface area contributed by atoms with Crippen LogP contribution in [0.2, 0.25) is 5.15 Å². The predicted molar refractivity (Wildman–Crippen MR) is 98.2 cm³/mol. The highest BCUT2D eigenvalue weighted by Gasteiger charge is 2.11.